The number of aromatic amines is 1. The zero-order valence-electron chi connectivity index (χ0n) is 14.2. The SMILES string of the molecule is FC(F)(F)c1cccc(-c2noc(CSc3n[nH]c(C4CCCC4)n3)n2)c1. The van der Waals surface area contributed by atoms with Crippen LogP contribution in [-0.4, -0.2) is 25.3 Å². The Labute approximate surface area is 157 Å². The maximum absolute atomic E-state index is 12.8. The molecule has 0 spiro atoms. The van der Waals surface area contributed by atoms with Gasteiger partial charge in [-0.25, -0.2) is 4.98 Å². The van der Waals surface area contributed by atoms with Crippen LogP contribution in [0.5, 0.6) is 0 Å². The maximum atomic E-state index is 12.8. The lowest BCUT2D eigenvalue weighted by molar-refractivity contribution is -0.137. The Morgan fingerprint density at radius 2 is 2.00 bits per heavy atom. The number of thioether (sulfide) groups is 1. The third kappa shape index (κ3) is 4.15. The molecule has 10 heteroatoms. The molecule has 1 fully saturated rings. The van der Waals surface area contributed by atoms with Crippen LogP contribution in [0.1, 0.15) is 48.9 Å². The van der Waals surface area contributed by atoms with Crippen molar-refractivity contribution in [1.29, 1.82) is 0 Å². The predicted octanol–water partition coefficient (Wildman–Crippen LogP) is 4.82. The number of rotatable bonds is 5. The minimum Gasteiger partial charge on any atom is -0.338 e. The topological polar surface area (TPSA) is 80.5 Å². The van der Waals surface area contributed by atoms with Gasteiger partial charge in [0.05, 0.1) is 11.3 Å². The highest BCUT2D eigenvalue weighted by Crippen LogP contribution is 2.33. The van der Waals surface area contributed by atoms with Gasteiger partial charge < -0.3 is 4.52 Å². The summed E-state index contributed by atoms with van der Waals surface area (Å²) >= 11 is 1.34. The quantitative estimate of drug-likeness (QED) is 0.624. The molecular formula is C17H16F3N5OS. The molecule has 2 aromatic heterocycles. The van der Waals surface area contributed by atoms with Crippen LogP contribution in [0, 0.1) is 0 Å². The smallest absolute Gasteiger partial charge is 0.338 e. The van der Waals surface area contributed by atoms with Gasteiger partial charge in [0.2, 0.25) is 16.9 Å². The monoisotopic (exact) mass is 395 g/mol. The first-order valence-electron chi connectivity index (χ1n) is 8.54. The molecule has 1 aromatic carbocycles. The van der Waals surface area contributed by atoms with Crippen LogP contribution in [0.3, 0.4) is 0 Å². The molecule has 2 heterocycles. The van der Waals surface area contributed by atoms with E-state index < -0.39 is 11.7 Å². The van der Waals surface area contributed by atoms with Gasteiger partial charge in [0.15, 0.2) is 0 Å². The number of alkyl halides is 3. The van der Waals surface area contributed by atoms with Crippen molar-refractivity contribution in [3.05, 3.63) is 41.5 Å². The fraction of sp³-hybridized carbons (Fsp3) is 0.412. The van der Waals surface area contributed by atoms with Gasteiger partial charge in [-0.05, 0) is 25.0 Å². The van der Waals surface area contributed by atoms with Crippen molar-refractivity contribution in [1.82, 2.24) is 25.3 Å². The van der Waals surface area contributed by atoms with Crippen molar-refractivity contribution in [2.45, 2.75) is 48.7 Å². The van der Waals surface area contributed by atoms with E-state index in [1.807, 2.05) is 0 Å². The largest absolute Gasteiger partial charge is 0.416 e. The minimum atomic E-state index is -4.42. The number of hydrogen-bond donors (Lipinski definition) is 1. The number of nitrogens with one attached hydrogen (secondary N) is 1. The fourth-order valence-electron chi connectivity index (χ4n) is 3.10. The van der Waals surface area contributed by atoms with Gasteiger partial charge in [0.25, 0.3) is 0 Å². The molecule has 0 saturated heterocycles. The van der Waals surface area contributed by atoms with Gasteiger partial charge in [0.1, 0.15) is 5.82 Å². The fourth-order valence-corrected chi connectivity index (χ4v) is 3.74. The zero-order valence-corrected chi connectivity index (χ0v) is 15.0. The summed E-state index contributed by atoms with van der Waals surface area (Å²) in [4.78, 5) is 8.66. The Balaban J connectivity index is 1.41. The van der Waals surface area contributed by atoms with E-state index in [9.17, 15) is 13.2 Å². The van der Waals surface area contributed by atoms with Gasteiger partial charge in [0, 0.05) is 11.5 Å². The van der Waals surface area contributed by atoms with Crippen LogP contribution in [0.15, 0.2) is 33.9 Å². The zero-order chi connectivity index (χ0) is 18.9. The van der Waals surface area contributed by atoms with Crippen LogP contribution in [0.2, 0.25) is 0 Å². The maximum Gasteiger partial charge on any atom is 0.416 e. The molecule has 3 aromatic rings. The van der Waals surface area contributed by atoms with Crippen molar-refractivity contribution in [3.8, 4) is 11.4 Å². The third-order valence-electron chi connectivity index (χ3n) is 4.46. The van der Waals surface area contributed by atoms with E-state index in [0.29, 0.717) is 22.7 Å². The van der Waals surface area contributed by atoms with E-state index in [-0.39, 0.29) is 11.4 Å². The lowest BCUT2D eigenvalue weighted by atomic mass is 10.1. The molecule has 1 aliphatic rings. The molecule has 27 heavy (non-hydrogen) atoms. The highest BCUT2D eigenvalue weighted by Gasteiger charge is 2.30. The van der Waals surface area contributed by atoms with Gasteiger partial charge >= 0.3 is 6.18 Å². The lowest BCUT2D eigenvalue weighted by Crippen LogP contribution is -2.04. The van der Waals surface area contributed by atoms with Crippen LogP contribution in [0.25, 0.3) is 11.4 Å². The molecule has 1 N–H and O–H groups in total. The summed E-state index contributed by atoms with van der Waals surface area (Å²) in [5.41, 5.74) is -0.493. The first-order chi connectivity index (χ1) is 13.0. The lowest BCUT2D eigenvalue weighted by Gasteiger charge is -2.06. The van der Waals surface area contributed by atoms with Crippen molar-refractivity contribution >= 4 is 11.8 Å². The van der Waals surface area contributed by atoms with E-state index in [2.05, 4.69) is 25.3 Å². The molecule has 4 rings (SSSR count). The predicted molar refractivity (Wildman–Crippen MR) is 91.9 cm³/mol. The first kappa shape index (κ1) is 18.0. The average molecular weight is 395 g/mol. The molecule has 142 valence electrons. The van der Waals surface area contributed by atoms with Gasteiger partial charge in [-0.1, -0.05) is 41.9 Å². The highest BCUT2D eigenvalue weighted by molar-refractivity contribution is 7.98. The summed E-state index contributed by atoms with van der Waals surface area (Å²) in [6.07, 6.45) is 0.274. The summed E-state index contributed by atoms with van der Waals surface area (Å²) in [7, 11) is 0. The van der Waals surface area contributed by atoms with Crippen molar-refractivity contribution in [2.24, 2.45) is 0 Å². The van der Waals surface area contributed by atoms with Gasteiger partial charge in [-0.15, -0.1) is 5.10 Å². The van der Waals surface area contributed by atoms with E-state index in [1.165, 1.54) is 36.7 Å². The molecule has 0 radical (unpaired) electrons. The number of nitrogens with zero attached hydrogens (tertiary/aromatic N) is 4. The summed E-state index contributed by atoms with van der Waals surface area (Å²) in [6, 6.07) is 4.84. The summed E-state index contributed by atoms with van der Waals surface area (Å²) in [5.74, 6) is 2.12. The van der Waals surface area contributed by atoms with E-state index in [0.717, 1.165) is 30.8 Å². The molecule has 0 bridgehead atoms. The molecule has 6 nitrogen and oxygen atoms in total. The van der Waals surface area contributed by atoms with Crippen LogP contribution >= 0.6 is 11.8 Å². The van der Waals surface area contributed by atoms with Crippen molar-refractivity contribution < 1.29 is 17.7 Å². The Bertz CT molecular complexity index is 917. The minimum absolute atomic E-state index is 0.123. The standard InChI is InChI=1S/C17H16F3N5OS/c18-17(19,20)12-7-3-6-11(8-12)15-21-13(26-25-15)9-27-16-22-14(23-24-16)10-4-1-2-5-10/h3,6-8,10H,1-2,4-5,9H2,(H,22,23,24). The second-order valence-corrected chi connectivity index (χ2v) is 7.31. The number of benzene rings is 1. The molecule has 0 atom stereocenters. The van der Waals surface area contributed by atoms with Crippen LogP contribution in [-0.2, 0) is 11.9 Å². The van der Waals surface area contributed by atoms with E-state index >= 15 is 0 Å². The molecule has 1 aliphatic carbocycles. The normalized spacial score (nSPS) is 15.5. The Kier molecular flexibility index (Phi) is 4.90. The summed E-state index contributed by atoms with van der Waals surface area (Å²) in [6.45, 7) is 0. The summed E-state index contributed by atoms with van der Waals surface area (Å²) < 4.78 is 43.6. The Morgan fingerprint density at radius 3 is 2.78 bits per heavy atom. The van der Waals surface area contributed by atoms with E-state index in [1.54, 1.807) is 0 Å². The third-order valence-corrected chi connectivity index (χ3v) is 5.30. The molecule has 0 amide bonds. The van der Waals surface area contributed by atoms with Crippen LogP contribution in [0.4, 0.5) is 13.2 Å². The van der Waals surface area contributed by atoms with Gasteiger partial charge in [-0.3, -0.25) is 5.10 Å². The number of aromatic nitrogens is 5. The second kappa shape index (κ2) is 7.34. The number of hydrogen-bond acceptors (Lipinski definition) is 6. The average Bonchev–Trinajstić information content (AvgIpc) is 3.39. The molecule has 1 saturated carbocycles. The molecule has 0 aliphatic heterocycles. The number of H-pyrrole nitrogens is 1. The van der Waals surface area contributed by atoms with E-state index in [4.69, 9.17) is 4.52 Å². The Morgan fingerprint density at radius 1 is 1.19 bits per heavy atom. The van der Waals surface area contributed by atoms with Crippen molar-refractivity contribution in [3.63, 3.8) is 0 Å². The second-order valence-electron chi connectivity index (χ2n) is 6.36. The Hall–Kier alpha value is -2.36. The van der Waals surface area contributed by atoms with Crippen molar-refractivity contribution in [2.75, 3.05) is 0 Å². The summed E-state index contributed by atoms with van der Waals surface area (Å²) in [5, 5.41) is 11.5. The molecular weight excluding hydrogens is 379 g/mol. The number of halogens is 3. The first-order valence-corrected chi connectivity index (χ1v) is 9.53. The molecule has 0 unspecified atom stereocenters. The van der Waals surface area contributed by atoms with Crippen LogP contribution < -0.4 is 0 Å². The van der Waals surface area contributed by atoms with Gasteiger partial charge in [-0.2, -0.15) is 18.2 Å². The highest BCUT2D eigenvalue weighted by atomic mass is 32.2.